The maximum Gasteiger partial charge on any atom is 0.316 e. The third-order valence-corrected chi connectivity index (χ3v) is 3.83. The Morgan fingerprint density at radius 3 is 2.56 bits per heavy atom. The van der Waals surface area contributed by atoms with Gasteiger partial charge < -0.3 is 10.4 Å². The van der Waals surface area contributed by atoms with E-state index in [0.717, 1.165) is 4.90 Å². The van der Waals surface area contributed by atoms with Crippen LogP contribution in [-0.4, -0.2) is 22.2 Å². The van der Waals surface area contributed by atoms with Gasteiger partial charge in [-0.1, -0.05) is 26.0 Å². The molecule has 5 heteroatoms. The zero-order chi connectivity index (χ0) is 13.5. The summed E-state index contributed by atoms with van der Waals surface area (Å²) in [5, 5.41) is 11.3. The van der Waals surface area contributed by atoms with Gasteiger partial charge in [-0.2, -0.15) is 0 Å². The number of anilines is 1. The van der Waals surface area contributed by atoms with Gasteiger partial charge in [0.15, 0.2) is 0 Å². The normalized spacial score (nSPS) is 11.9. The number of carboxylic acid groups (broad SMARTS) is 1. The zero-order valence-corrected chi connectivity index (χ0v) is 11.3. The number of benzene rings is 1. The Hall–Kier alpha value is -1.49. The minimum absolute atomic E-state index is 0.0774. The van der Waals surface area contributed by atoms with Crippen molar-refractivity contribution < 1.29 is 14.7 Å². The lowest BCUT2D eigenvalue weighted by Crippen LogP contribution is -2.16. The van der Waals surface area contributed by atoms with Crippen LogP contribution in [0.3, 0.4) is 0 Å². The van der Waals surface area contributed by atoms with E-state index in [1.54, 1.807) is 13.0 Å². The molecule has 18 heavy (non-hydrogen) atoms. The Bertz CT molecular complexity index is 434. The number of nitrogens with one attached hydrogen (secondary N) is 1. The van der Waals surface area contributed by atoms with Crippen LogP contribution in [0.15, 0.2) is 29.2 Å². The van der Waals surface area contributed by atoms with E-state index in [-0.39, 0.29) is 5.91 Å². The number of amides is 1. The first kappa shape index (κ1) is 14.6. The summed E-state index contributed by atoms with van der Waals surface area (Å²) < 4.78 is 0. The van der Waals surface area contributed by atoms with Gasteiger partial charge in [-0.3, -0.25) is 9.59 Å². The first-order valence-corrected chi connectivity index (χ1v) is 6.74. The molecule has 1 aromatic rings. The highest BCUT2D eigenvalue weighted by molar-refractivity contribution is 8.00. The molecule has 0 saturated heterocycles. The summed E-state index contributed by atoms with van der Waals surface area (Å²) in [4.78, 5) is 23.2. The van der Waals surface area contributed by atoms with E-state index in [9.17, 15) is 9.59 Å². The summed E-state index contributed by atoms with van der Waals surface area (Å²) in [6.45, 7) is 3.61. The molecule has 1 rings (SSSR count). The highest BCUT2D eigenvalue weighted by Crippen LogP contribution is 2.31. The van der Waals surface area contributed by atoms with Crippen LogP contribution in [0.4, 0.5) is 5.69 Å². The van der Waals surface area contributed by atoms with Crippen molar-refractivity contribution in [2.24, 2.45) is 0 Å². The van der Waals surface area contributed by atoms with Gasteiger partial charge in [0.05, 0.1) is 5.69 Å². The molecule has 1 aromatic carbocycles. The molecule has 98 valence electrons. The van der Waals surface area contributed by atoms with Gasteiger partial charge in [-0.15, -0.1) is 11.8 Å². The van der Waals surface area contributed by atoms with E-state index in [1.165, 1.54) is 11.8 Å². The number of rotatable bonds is 6. The largest absolute Gasteiger partial charge is 0.480 e. The molecule has 0 fully saturated rings. The number of para-hydroxylation sites is 1. The standard InChI is InChI=1S/C13H17NO3S/c1-3-10(13(16)17)18-11-8-6-5-7-9(11)14-12(15)4-2/h5-8,10H,3-4H2,1-2H3,(H,14,15)(H,16,17)/t10-/m1/s1. The molecule has 0 radical (unpaired) electrons. The second kappa shape index (κ2) is 7.06. The second-order valence-corrected chi connectivity index (χ2v) is 5.00. The van der Waals surface area contributed by atoms with Gasteiger partial charge in [-0.05, 0) is 18.6 Å². The maximum absolute atomic E-state index is 11.4. The van der Waals surface area contributed by atoms with E-state index in [0.29, 0.717) is 18.5 Å². The Morgan fingerprint density at radius 1 is 1.33 bits per heavy atom. The van der Waals surface area contributed by atoms with E-state index in [4.69, 9.17) is 5.11 Å². The van der Waals surface area contributed by atoms with Crippen LogP contribution in [0.1, 0.15) is 26.7 Å². The van der Waals surface area contributed by atoms with E-state index >= 15 is 0 Å². The molecule has 1 amide bonds. The third kappa shape index (κ3) is 4.07. The molecule has 1 atom stereocenters. The molecule has 0 aliphatic rings. The van der Waals surface area contributed by atoms with Crippen LogP contribution in [0, 0.1) is 0 Å². The zero-order valence-electron chi connectivity index (χ0n) is 10.5. The van der Waals surface area contributed by atoms with Crippen LogP contribution < -0.4 is 5.32 Å². The average molecular weight is 267 g/mol. The van der Waals surface area contributed by atoms with Crippen molar-refractivity contribution in [1.82, 2.24) is 0 Å². The van der Waals surface area contributed by atoms with Crippen LogP contribution in [0.5, 0.6) is 0 Å². The maximum atomic E-state index is 11.4. The highest BCUT2D eigenvalue weighted by Gasteiger charge is 2.18. The Labute approximate surface area is 111 Å². The summed E-state index contributed by atoms with van der Waals surface area (Å²) in [6, 6.07) is 7.25. The minimum Gasteiger partial charge on any atom is -0.480 e. The van der Waals surface area contributed by atoms with Gasteiger partial charge in [0.25, 0.3) is 0 Å². The van der Waals surface area contributed by atoms with Crippen molar-refractivity contribution in [2.75, 3.05) is 5.32 Å². The molecule has 4 nitrogen and oxygen atoms in total. The number of carbonyl (C=O) groups excluding carboxylic acids is 1. The summed E-state index contributed by atoms with van der Waals surface area (Å²) >= 11 is 1.26. The minimum atomic E-state index is -0.834. The summed E-state index contributed by atoms with van der Waals surface area (Å²) in [6.07, 6.45) is 0.936. The Balaban J connectivity index is 2.87. The monoisotopic (exact) mass is 267 g/mol. The molecule has 2 N–H and O–H groups in total. The van der Waals surface area contributed by atoms with Gasteiger partial charge in [0.1, 0.15) is 5.25 Å². The van der Waals surface area contributed by atoms with Crippen molar-refractivity contribution in [2.45, 2.75) is 36.8 Å². The second-order valence-electron chi connectivity index (χ2n) is 3.75. The first-order chi connectivity index (χ1) is 8.58. The average Bonchev–Trinajstić information content (AvgIpc) is 2.37. The molecule has 0 aromatic heterocycles. The summed E-state index contributed by atoms with van der Waals surface area (Å²) in [5.41, 5.74) is 0.675. The number of carboxylic acids is 1. The molecule has 0 bridgehead atoms. The fourth-order valence-electron chi connectivity index (χ4n) is 1.37. The number of carbonyl (C=O) groups is 2. The van der Waals surface area contributed by atoms with Crippen molar-refractivity contribution in [1.29, 1.82) is 0 Å². The number of thioether (sulfide) groups is 1. The van der Waals surface area contributed by atoms with Crippen LogP contribution in [0.2, 0.25) is 0 Å². The lowest BCUT2D eigenvalue weighted by Gasteiger charge is -2.13. The van der Waals surface area contributed by atoms with Crippen molar-refractivity contribution in [3.63, 3.8) is 0 Å². The van der Waals surface area contributed by atoms with E-state index in [2.05, 4.69) is 5.32 Å². The van der Waals surface area contributed by atoms with Crippen molar-refractivity contribution >= 4 is 29.3 Å². The molecule has 0 heterocycles. The number of aliphatic carboxylic acids is 1. The molecule has 0 aliphatic carbocycles. The van der Waals surface area contributed by atoms with Gasteiger partial charge in [0.2, 0.25) is 5.91 Å². The van der Waals surface area contributed by atoms with Crippen LogP contribution in [-0.2, 0) is 9.59 Å². The van der Waals surface area contributed by atoms with Crippen molar-refractivity contribution in [3.05, 3.63) is 24.3 Å². The van der Waals surface area contributed by atoms with Gasteiger partial charge >= 0.3 is 5.97 Å². The first-order valence-electron chi connectivity index (χ1n) is 5.86. The lowest BCUT2D eigenvalue weighted by molar-refractivity contribution is -0.136. The molecule has 0 aliphatic heterocycles. The predicted molar refractivity (Wildman–Crippen MR) is 72.9 cm³/mol. The van der Waals surface area contributed by atoms with E-state index < -0.39 is 11.2 Å². The van der Waals surface area contributed by atoms with Crippen LogP contribution in [0.25, 0.3) is 0 Å². The topological polar surface area (TPSA) is 66.4 Å². The lowest BCUT2D eigenvalue weighted by atomic mass is 10.3. The van der Waals surface area contributed by atoms with Gasteiger partial charge in [-0.25, -0.2) is 0 Å². The molecule has 0 saturated carbocycles. The molecular formula is C13H17NO3S. The molecule has 0 spiro atoms. The van der Waals surface area contributed by atoms with E-state index in [1.807, 2.05) is 25.1 Å². The quantitative estimate of drug-likeness (QED) is 0.778. The number of hydrogen-bond acceptors (Lipinski definition) is 3. The molecule has 0 unspecified atom stereocenters. The fraction of sp³-hybridized carbons (Fsp3) is 0.385. The third-order valence-electron chi connectivity index (χ3n) is 2.40. The smallest absolute Gasteiger partial charge is 0.316 e. The fourth-order valence-corrected chi connectivity index (χ4v) is 2.35. The summed E-state index contributed by atoms with van der Waals surface area (Å²) in [7, 11) is 0. The summed E-state index contributed by atoms with van der Waals surface area (Å²) in [5.74, 6) is -0.912. The Morgan fingerprint density at radius 2 is 2.00 bits per heavy atom. The number of hydrogen-bond donors (Lipinski definition) is 2. The predicted octanol–water partition coefficient (Wildman–Crippen LogP) is 2.99. The Kier molecular flexibility index (Phi) is 5.71. The van der Waals surface area contributed by atoms with Gasteiger partial charge in [0, 0.05) is 11.3 Å². The highest BCUT2D eigenvalue weighted by atomic mass is 32.2. The van der Waals surface area contributed by atoms with Crippen LogP contribution >= 0.6 is 11.8 Å². The molecular weight excluding hydrogens is 250 g/mol. The van der Waals surface area contributed by atoms with Crippen molar-refractivity contribution in [3.8, 4) is 0 Å². The SMILES string of the molecule is CCC(=O)Nc1ccccc1S[C@H](CC)C(=O)O.